The molecule has 0 aliphatic heterocycles. The van der Waals surface area contributed by atoms with E-state index in [1.807, 2.05) is 11.3 Å². The highest BCUT2D eigenvalue weighted by Gasteiger charge is 2.20. The minimum absolute atomic E-state index is 0.308. The lowest BCUT2D eigenvalue weighted by Gasteiger charge is -2.15. The molecule has 0 amide bonds. The number of rotatable bonds is 7. The molecule has 1 aliphatic rings. The molecule has 19 heavy (non-hydrogen) atoms. The van der Waals surface area contributed by atoms with Crippen molar-refractivity contribution in [2.45, 2.75) is 71.3 Å². The molecule has 1 heterocycles. The van der Waals surface area contributed by atoms with Gasteiger partial charge in [-0.3, -0.25) is 0 Å². The number of hydrogen-bond donors (Lipinski definition) is 1. The molecule has 1 aromatic heterocycles. The molecule has 0 spiro atoms. The van der Waals surface area contributed by atoms with Crippen LogP contribution in [0.25, 0.3) is 0 Å². The Balaban J connectivity index is 1.67. The topological polar surface area (TPSA) is 12.0 Å². The van der Waals surface area contributed by atoms with E-state index in [1.165, 1.54) is 43.5 Å². The van der Waals surface area contributed by atoms with Gasteiger partial charge >= 0.3 is 0 Å². The van der Waals surface area contributed by atoms with Gasteiger partial charge in [0, 0.05) is 15.8 Å². The summed E-state index contributed by atoms with van der Waals surface area (Å²) in [5.74, 6) is 0.839. The van der Waals surface area contributed by atoms with Crippen LogP contribution in [0.15, 0.2) is 12.1 Å². The van der Waals surface area contributed by atoms with E-state index in [0.717, 1.165) is 12.0 Å². The molecule has 0 aromatic carbocycles. The number of nitrogens with one attached hydrogen (secondary N) is 1. The summed E-state index contributed by atoms with van der Waals surface area (Å²) in [6.07, 6.45) is 6.72. The lowest BCUT2D eigenvalue weighted by Crippen LogP contribution is -2.19. The Bertz CT molecular complexity index is 384. The molecule has 1 unspecified atom stereocenters. The fourth-order valence-corrected chi connectivity index (χ4v) is 3.35. The van der Waals surface area contributed by atoms with Gasteiger partial charge in [0.2, 0.25) is 0 Å². The van der Waals surface area contributed by atoms with Crippen molar-refractivity contribution in [3.63, 3.8) is 0 Å². The predicted octanol–water partition coefficient (Wildman–Crippen LogP) is 4.76. The third-order valence-corrected chi connectivity index (χ3v) is 5.50. The first kappa shape index (κ1) is 15.1. The molecule has 108 valence electrons. The maximum absolute atomic E-state index is 3.61. The zero-order chi connectivity index (χ0) is 13.9. The second-order valence-corrected chi connectivity index (χ2v) is 8.35. The Hall–Kier alpha value is -0.340. The summed E-state index contributed by atoms with van der Waals surface area (Å²) in [6, 6.07) is 5.51. The molecule has 2 rings (SSSR count). The molecule has 0 radical (unpaired) electrons. The molecule has 1 fully saturated rings. The molecule has 0 bridgehead atoms. The zero-order valence-electron chi connectivity index (χ0n) is 13.0. The number of hydrogen-bond acceptors (Lipinski definition) is 2. The van der Waals surface area contributed by atoms with Gasteiger partial charge in [-0.05, 0) is 62.1 Å². The standard InChI is InChI=1S/C17H29NS/c1-13(11-12-18-14-6-7-14)5-8-15-9-10-16(19-15)17(2,3)4/h9-10,13-14,18H,5-8,11-12H2,1-4H3. The van der Waals surface area contributed by atoms with Crippen LogP contribution >= 0.6 is 11.3 Å². The van der Waals surface area contributed by atoms with Crippen LogP contribution in [-0.4, -0.2) is 12.6 Å². The van der Waals surface area contributed by atoms with E-state index in [1.54, 1.807) is 4.88 Å². The first-order valence-electron chi connectivity index (χ1n) is 7.78. The van der Waals surface area contributed by atoms with E-state index in [0.29, 0.717) is 5.41 Å². The zero-order valence-corrected chi connectivity index (χ0v) is 13.8. The third-order valence-electron chi connectivity index (χ3n) is 3.93. The van der Waals surface area contributed by atoms with Crippen molar-refractivity contribution in [2.75, 3.05) is 6.54 Å². The lowest BCUT2D eigenvalue weighted by atomic mass is 9.95. The van der Waals surface area contributed by atoms with Crippen molar-refractivity contribution in [3.05, 3.63) is 21.9 Å². The molecular formula is C17H29NS. The quantitative estimate of drug-likeness (QED) is 0.759. The normalized spacial score (nSPS) is 17.7. The summed E-state index contributed by atoms with van der Waals surface area (Å²) in [5, 5.41) is 3.61. The third kappa shape index (κ3) is 5.27. The van der Waals surface area contributed by atoms with Gasteiger partial charge in [0.25, 0.3) is 0 Å². The van der Waals surface area contributed by atoms with Crippen molar-refractivity contribution in [2.24, 2.45) is 5.92 Å². The van der Waals surface area contributed by atoms with Crippen LogP contribution in [0.3, 0.4) is 0 Å². The van der Waals surface area contributed by atoms with Gasteiger partial charge in [-0.2, -0.15) is 0 Å². The summed E-state index contributed by atoms with van der Waals surface area (Å²) in [4.78, 5) is 3.08. The van der Waals surface area contributed by atoms with Crippen LogP contribution in [0.4, 0.5) is 0 Å². The Morgan fingerprint density at radius 1 is 1.26 bits per heavy atom. The summed E-state index contributed by atoms with van der Waals surface area (Å²) in [5.41, 5.74) is 0.308. The average Bonchev–Trinajstić information content (AvgIpc) is 3.01. The highest BCUT2D eigenvalue weighted by molar-refractivity contribution is 7.12. The van der Waals surface area contributed by atoms with Crippen LogP contribution in [0.1, 0.15) is 63.1 Å². The van der Waals surface area contributed by atoms with Gasteiger partial charge in [-0.1, -0.05) is 27.7 Å². The second kappa shape index (κ2) is 6.41. The lowest BCUT2D eigenvalue weighted by molar-refractivity contribution is 0.470. The van der Waals surface area contributed by atoms with Crippen LogP contribution in [0.5, 0.6) is 0 Å². The van der Waals surface area contributed by atoms with E-state index in [4.69, 9.17) is 0 Å². The highest BCUT2D eigenvalue weighted by atomic mass is 32.1. The van der Waals surface area contributed by atoms with Crippen molar-refractivity contribution >= 4 is 11.3 Å². The smallest absolute Gasteiger partial charge is 0.0102 e. The van der Waals surface area contributed by atoms with Crippen molar-refractivity contribution in [1.82, 2.24) is 5.32 Å². The van der Waals surface area contributed by atoms with Gasteiger partial charge in [-0.15, -0.1) is 11.3 Å². The van der Waals surface area contributed by atoms with Gasteiger partial charge < -0.3 is 5.32 Å². The van der Waals surface area contributed by atoms with Crippen molar-refractivity contribution in [1.29, 1.82) is 0 Å². The van der Waals surface area contributed by atoms with Crippen LogP contribution in [0, 0.1) is 5.92 Å². The SMILES string of the molecule is CC(CCNC1CC1)CCc1ccc(C(C)(C)C)s1. The fourth-order valence-electron chi connectivity index (χ4n) is 2.27. The molecule has 1 nitrogen and oxygen atoms in total. The van der Waals surface area contributed by atoms with E-state index in [2.05, 4.69) is 45.1 Å². The maximum atomic E-state index is 3.61. The summed E-state index contributed by atoms with van der Waals surface area (Å²) < 4.78 is 0. The van der Waals surface area contributed by atoms with Crippen LogP contribution in [0.2, 0.25) is 0 Å². The molecule has 1 atom stereocenters. The first-order valence-corrected chi connectivity index (χ1v) is 8.59. The van der Waals surface area contributed by atoms with E-state index in [-0.39, 0.29) is 0 Å². The van der Waals surface area contributed by atoms with Crippen molar-refractivity contribution in [3.8, 4) is 0 Å². The molecule has 1 saturated carbocycles. The molecular weight excluding hydrogens is 250 g/mol. The molecule has 1 aliphatic carbocycles. The Labute approximate surface area is 122 Å². The summed E-state index contributed by atoms with van der Waals surface area (Å²) in [7, 11) is 0. The van der Waals surface area contributed by atoms with Crippen LogP contribution < -0.4 is 5.32 Å². The van der Waals surface area contributed by atoms with Crippen LogP contribution in [-0.2, 0) is 11.8 Å². The summed E-state index contributed by atoms with van der Waals surface area (Å²) >= 11 is 2.00. The minimum Gasteiger partial charge on any atom is -0.314 e. The second-order valence-electron chi connectivity index (χ2n) is 7.18. The van der Waals surface area contributed by atoms with E-state index >= 15 is 0 Å². The van der Waals surface area contributed by atoms with Gasteiger partial charge in [0.1, 0.15) is 0 Å². The Kier molecular flexibility index (Phi) is 5.08. The Morgan fingerprint density at radius 2 is 2.00 bits per heavy atom. The molecule has 1 N–H and O–H groups in total. The van der Waals surface area contributed by atoms with Gasteiger partial charge in [-0.25, -0.2) is 0 Å². The monoisotopic (exact) mass is 279 g/mol. The largest absolute Gasteiger partial charge is 0.314 e. The first-order chi connectivity index (χ1) is 8.95. The van der Waals surface area contributed by atoms with E-state index in [9.17, 15) is 0 Å². The predicted molar refractivity (Wildman–Crippen MR) is 86.1 cm³/mol. The summed E-state index contributed by atoms with van der Waals surface area (Å²) in [6.45, 7) is 10.5. The number of thiophene rings is 1. The molecule has 0 saturated heterocycles. The van der Waals surface area contributed by atoms with E-state index < -0.39 is 0 Å². The van der Waals surface area contributed by atoms with Gasteiger partial charge in [0.15, 0.2) is 0 Å². The average molecular weight is 279 g/mol. The van der Waals surface area contributed by atoms with Gasteiger partial charge in [0.05, 0.1) is 0 Å². The maximum Gasteiger partial charge on any atom is 0.0102 e. The van der Waals surface area contributed by atoms with Crippen molar-refractivity contribution < 1.29 is 0 Å². The minimum atomic E-state index is 0.308. The molecule has 2 heteroatoms. The molecule has 1 aromatic rings. The Morgan fingerprint density at radius 3 is 2.58 bits per heavy atom. The highest BCUT2D eigenvalue weighted by Crippen LogP contribution is 2.30. The fraction of sp³-hybridized carbons (Fsp3) is 0.765. The number of aryl methyl sites for hydroxylation is 1.